The molecule has 1 saturated carbocycles. The predicted molar refractivity (Wildman–Crippen MR) is 152 cm³/mol. The van der Waals surface area contributed by atoms with Gasteiger partial charge in [-0.25, -0.2) is 9.97 Å². The van der Waals surface area contributed by atoms with Gasteiger partial charge in [0, 0.05) is 25.9 Å². The maximum Gasteiger partial charge on any atom is 0.224 e. The largest absolute Gasteiger partial charge is 0.369 e. The molecule has 8 heteroatoms. The lowest BCUT2D eigenvalue weighted by Gasteiger charge is -2.25. The molecular weight excluding hydrogens is 470 g/mol. The molecular formula is C28H43N5O2S. The first-order chi connectivity index (χ1) is 17.4. The van der Waals surface area contributed by atoms with Crippen molar-refractivity contribution in [3.8, 4) is 10.6 Å². The number of rotatable bonds is 11. The van der Waals surface area contributed by atoms with Crippen molar-refractivity contribution in [3.63, 3.8) is 0 Å². The van der Waals surface area contributed by atoms with Gasteiger partial charge in [-0.05, 0) is 44.7 Å². The molecule has 0 amide bonds. The molecule has 36 heavy (non-hydrogen) atoms. The van der Waals surface area contributed by atoms with Crippen LogP contribution in [0, 0.1) is 6.92 Å². The van der Waals surface area contributed by atoms with E-state index in [1.54, 1.807) is 11.3 Å². The van der Waals surface area contributed by atoms with Crippen molar-refractivity contribution in [2.75, 3.05) is 23.7 Å². The van der Waals surface area contributed by atoms with Crippen molar-refractivity contribution >= 4 is 33.3 Å². The zero-order valence-corrected chi connectivity index (χ0v) is 23.0. The third-order valence-electron chi connectivity index (χ3n) is 6.39. The van der Waals surface area contributed by atoms with Gasteiger partial charge in [-0.3, -0.25) is 0 Å². The molecule has 1 aliphatic rings. The summed E-state index contributed by atoms with van der Waals surface area (Å²) in [6, 6.07) is 8.26. The summed E-state index contributed by atoms with van der Waals surface area (Å²) < 4.78 is 1.19. The summed E-state index contributed by atoms with van der Waals surface area (Å²) in [5.41, 5.74) is 3.02. The van der Waals surface area contributed by atoms with Crippen LogP contribution in [0.3, 0.4) is 0 Å². The number of benzene rings is 1. The Kier molecular flexibility index (Phi) is 11.4. The van der Waals surface area contributed by atoms with E-state index in [1.165, 1.54) is 30.4 Å². The van der Waals surface area contributed by atoms with E-state index in [-0.39, 0.29) is 0 Å². The average Bonchev–Trinajstić information content (AvgIpc) is 3.28. The average molecular weight is 514 g/mol. The van der Waals surface area contributed by atoms with Gasteiger partial charge in [0.15, 0.2) is 5.79 Å². The highest BCUT2D eigenvalue weighted by Gasteiger charge is 2.24. The Balaban J connectivity index is 0.000000383. The lowest BCUT2D eigenvalue weighted by molar-refractivity contribution is -0.180. The molecule has 4 N–H and O–H groups in total. The zero-order chi connectivity index (χ0) is 25.8. The molecule has 1 aliphatic carbocycles. The highest BCUT2D eigenvalue weighted by atomic mass is 32.1. The number of nitrogens with one attached hydrogen (secondary N) is 2. The van der Waals surface area contributed by atoms with Gasteiger partial charge in [0.05, 0.1) is 21.5 Å². The first-order valence-electron chi connectivity index (χ1n) is 13.6. The van der Waals surface area contributed by atoms with Crippen molar-refractivity contribution < 1.29 is 10.2 Å². The fourth-order valence-corrected chi connectivity index (χ4v) is 5.35. The van der Waals surface area contributed by atoms with E-state index in [0.717, 1.165) is 72.8 Å². The first-order valence-corrected chi connectivity index (χ1v) is 14.4. The molecule has 2 aromatic heterocycles. The lowest BCUT2D eigenvalue weighted by atomic mass is 9.95. The topological polar surface area (TPSA) is 103 Å². The summed E-state index contributed by atoms with van der Waals surface area (Å²) in [6.07, 6.45) is 11.3. The van der Waals surface area contributed by atoms with Crippen LogP contribution in [0.2, 0.25) is 0 Å². The van der Waals surface area contributed by atoms with Gasteiger partial charge in [0.25, 0.3) is 0 Å². The fraction of sp³-hybridized carbons (Fsp3) is 0.607. The van der Waals surface area contributed by atoms with Gasteiger partial charge < -0.3 is 20.8 Å². The zero-order valence-electron chi connectivity index (χ0n) is 22.1. The highest BCUT2D eigenvalue weighted by Crippen LogP contribution is 2.36. The highest BCUT2D eigenvalue weighted by molar-refractivity contribution is 7.21. The summed E-state index contributed by atoms with van der Waals surface area (Å²) in [4.78, 5) is 14.4. The van der Waals surface area contributed by atoms with Gasteiger partial charge in [0.1, 0.15) is 10.8 Å². The van der Waals surface area contributed by atoms with Crippen LogP contribution in [0.5, 0.6) is 0 Å². The van der Waals surface area contributed by atoms with Gasteiger partial charge in [-0.15, -0.1) is 11.3 Å². The number of fused-ring (bicyclic) bond motifs is 1. The minimum atomic E-state index is -1.32. The maximum atomic E-state index is 8.93. The van der Waals surface area contributed by atoms with Crippen molar-refractivity contribution in [3.05, 3.63) is 30.0 Å². The van der Waals surface area contributed by atoms with Crippen LogP contribution < -0.4 is 10.6 Å². The number of hydrogen-bond acceptors (Lipinski definition) is 8. The molecule has 0 spiro atoms. The monoisotopic (exact) mass is 513 g/mol. The standard InChI is InChI=1S/C22H31N5S.C6H12O2/c1-4-6-10-14-23-20-19(21-26-17-12-8-9-13-18(17)28-21)16(3)25-22(27-20)24-15-11-7-5-2;7-6(8)4-2-1-3-5-6/h8-9,12-13H,4-7,10-11,14-15H2,1-3H3,(H2,23,24,25,27);7-8H,1-5H2. The maximum absolute atomic E-state index is 8.93. The van der Waals surface area contributed by atoms with Crippen molar-refractivity contribution in [1.82, 2.24) is 15.0 Å². The second-order valence-electron chi connectivity index (χ2n) is 9.65. The third kappa shape index (κ3) is 8.68. The van der Waals surface area contributed by atoms with Crippen molar-refractivity contribution in [2.24, 2.45) is 0 Å². The summed E-state index contributed by atoms with van der Waals surface area (Å²) >= 11 is 1.70. The number of unbranched alkanes of at least 4 members (excludes halogenated alkanes) is 4. The number of para-hydroxylation sites is 1. The molecule has 0 unspecified atom stereocenters. The summed E-state index contributed by atoms with van der Waals surface area (Å²) in [5, 5.41) is 25.8. The fourth-order valence-electron chi connectivity index (χ4n) is 4.29. The Labute approximate surface area is 219 Å². The van der Waals surface area contributed by atoms with E-state index in [0.29, 0.717) is 18.8 Å². The summed E-state index contributed by atoms with van der Waals surface area (Å²) in [5.74, 6) is 0.273. The van der Waals surface area contributed by atoms with Crippen molar-refractivity contribution in [2.45, 2.75) is 97.2 Å². The van der Waals surface area contributed by atoms with Crippen LogP contribution >= 0.6 is 11.3 Å². The van der Waals surface area contributed by atoms with Crippen molar-refractivity contribution in [1.29, 1.82) is 0 Å². The van der Waals surface area contributed by atoms with E-state index in [4.69, 9.17) is 25.2 Å². The van der Waals surface area contributed by atoms with Crippen LogP contribution in [0.1, 0.15) is 90.2 Å². The van der Waals surface area contributed by atoms with Crippen LogP contribution in [0.15, 0.2) is 24.3 Å². The molecule has 2 heterocycles. The molecule has 0 bridgehead atoms. The lowest BCUT2D eigenvalue weighted by Crippen LogP contribution is -2.30. The second-order valence-corrected chi connectivity index (χ2v) is 10.7. The van der Waals surface area contributed by atoms with Crippen LogP contribution in [-0.4, -0.2) is 44.0 Å². The van der Waals surface area contributed by atoms with Gasteiger partial charge in [0.2, 0.25) is 5.95 Å². The number of thiazole rings is 1. The smallest absolute Gasteiger partial charge is 0.224 e. The Morgan fingerprint density at radius 1 is 0.861 bits per heavy atom. The molecule has 1 aromatic carbocycles. The van der Waals surface area contributed by atoms with E-state index >= 15 is 0 Å². The SMILES string of the molecule is CCCCCNc1nc(C)c(-c2nc3ccccc3s2)c(NCCCCC)n1.OC1(O)CCCCC1. The van der Waals surface area contributed by atoms with Crippen LogP contribution in [0.4, 0.5) is 11.8 Å². The minimum Gasteiger partial charge on any atom is -0.369 e. The van der Waals surface area contributed by atoms with Gasteiger partial charge >= 0.3 is 0 Å². The first kappa shape index (κ1) is 28.3. The molecule has 3 aromatic rings. The second kappa shape index (κ2) is 14.4. The normalized spacial score (nSPS) is 14.8. The van der Waals surface area contributed by atoms with E-state index in [2.05, 4.69) is 49.6 Å². The van der Waals surface area contributed by atoms with Gasteiger partial charge in [-0.2, -0.15) is 4.98 Å². The minimum absolute atomic E-state index is 0.562. The van der Waals surface area contributed by atoms with E-state index in [1.807, 2.05) is 6.07 Å². The number of hydrogen-bond donors (Lipinski definition) is 4. The number of aryl methyl sites for hydroxylation is 1. The molecule has 0 radical (unpaired) electrons. The molecule has 0 saturated heterocycles. The Hall–Kier alpha value is -2.29. The quantitative estimate of drug-likeness (QED) is 0.163. The third-order valence-corrected chi connectivity index (χ3v) is 7.44. The van der Waals surface area contributed by atoms with Crippen LogP contribution in [0.25, 0.3) is 20.8 Å². The number of aliphatic hydroxyl groups is 2. The molecule has 1 fully saturated rings. The molecule has 4 rings (SSSR count). The Morgan fingerprint density at radius 3 is 2.14 bits per heavy atom. The Morgan fingerprint density at radius 2 is 1.53 bits per heavy atom. The summed E-state index contributed by atoms with van der Waals surface area (Å²) in [6.45, 7) is 8.31. The van der Waals surface area contributed by atoms with E-state index in [9.17, 15) is 0 Å². The summed E-state index contributed by atoms with van der Waals surface area (Å²) in [7, 11) is 0. The van der Waals surface area contributed by atoms with E-state index < -0.39 is 5.79 Å². The van der Waals surface area contributed by atoms with Crippen LogP contribution in [-0.2, 0) is 0 Å². The molecule has 198 valence electrons. The molecule has 0 aliphatic heterocycles. The Bertz CT molecular complexity index is 1030. The predicted octanol–water partition coefficient (Wildman–Crippen LogP) is 6.90. The molecule has 0 atom stereocenters. The number of anilines is 2. The number of nitrogens with zero attached hydrogens (tertiary/aromatic N) is 3. The van der Waals surface area contributed by atoms with Gasteiger partial charge in [-0.1, -0.05) is 58.1 Å². The number of aromatic nitrogens is 3. The molecule has 7 nitrogen and oxygen atoms in total.